The maximum atomic E-state index is 13.3. The zero-order valence-corrected chi connectivity index (χ0v) is 21.8. The Balaban J connectivity index is 1.33. The molecule has 2 bridgehead atoms. The highest BCUT2D eigenvalue weighted by atomic mass is 16.2. The van der Waals surface area contributed by atoms with Gasteiger partial charge in [-0.05, 0) is 47.6 Å². The van der Waals surface area contributed by atoms with Crippen molar-refractivity contribution in [3.05, 3.63) is 47.5 Å². The zero-order chi connectivity index (χ0) is 24.5. The van der Waals surface area contributed by atoms with E-state index in [2.05, 4.69) is 50.5 Å². The Morgan fingerprint density at radius 3 is 2.32 bits per heavy atom. The van der Waals surface area contributed by atoms with Gasteiger partial charge in [-0.15, -0.1) is 0 Å². The predicted octanol–water partition coefficient (Wildman–Crippen LogP) is 4.70. The van der Waals surface area contributed by atoms with Gasteiger partial charge in [0.05, 0.1) is 0 Å². The largest absolute Gasteiger partial charge is 0.337 e. The van der Waals surface area contributed by atoms with E-state index in [0.29, 0.717) is 17.8 Å². The van der Waals surface area contributed by atoms with Crippen LogP contribution in [0.15, 0.2) is 42.0 Å². The summed E-state index contributed by atoms with van der Waals surface area (Å²) in [6.45, 7) is 16.8. The van der Waals surface area contributed by atoms with Crippen molar-refractivity contribution in [3.63, 3.8) is 0 Å². The van der Waals surface area contributed by atoms with Crippen molar-refractivity contribution in [2.24, 2.45) is 22.7 Å². The topological polar surface area (TPSA) is 43.9 Å². The molecule has 4 aliphatic rings. The van der Waals surface area contributed by atoms with E-state index in [1.807, 2.05) is 35.2 Å². The second-order valence-corrected chi connectivity index (χ2v) is 12.4. The van der Waals surface area contributed by atoms with Gasteiger partial charge < -0.3 is 9.80 Å². The fourth-order valence-corrected chi connectivity index (χ4v) is 5.93. The lowest BCUT2D eigenvalue weighted by molar-refractivity contribution is -0.133. The Bertz CT molecular complexity index is 907. The van der Waals surface area contributed by atoms with E-state index in [0.717, 1.165) is 63.7 Å². The highest BCUT2D eigenvalue weighted by Gasteiger charge is 2.51. The summed E-state index contributed by atoms with van der Waals surface area (Å²) in [6.07, 6.45) is 5.46. The first-order chi connectivity index (χ1) is 16.0. The number of benzene rings is 1. The number of allylic oxidation sites excluding steroid dienone is 1. The second kappa shape index (κ2) is 9.85. The van der Waals surface area contributed by atoms with E-state index >= 15 is 0 Å². The molecular formula is C29H43N3O2. The van der Waals surface area contributed by atoms with Gasteiger partial charge in [-0.25, -0.2) is 0 Å². The molecule has 3 aliphatic carbocycles. The summed E-state index contributed by atoms with van der Waals surface area (Å²) >= 11 is 0. The van der Waals surface area contributed by atoms with Gasteiger partial charge in [-0.3, -0.25) is 14.5 Å². The minimum Gasteiger partial charge on any atom is -0.337 e. The van der Waals surface area contributed by atoms with Crippen LogP contribution in [-0.2, 0) is 4.79 Å². The molecule has 1 heterocycles. The van der Waals surface area contributed by atoms with Crippen LogP contribution in [0.5, 0.6) is 0 Å². The number of piperazine rings is 1. The smallest absolute Gasteiger partial charge is 0.253 e. The Morgan fingerprint density at radius 2 is 1.74 bits per heavy atom. The molecule has 5 rings (SSSR count). The van der Waals surface area contributed by atoms with E-state index in [4.69, 9.17) is 0 Å². The lowest BCUT2D eigenvalue weighted by atomic mass is 9.49. The molecule has 2 atom stereocenters. The fraction of sp³-hybridized carbons (Fsp3) is 0.655. The minimum atomic E-state index is -0.0134. The Kier molecular flexibility index (Phi) is 7.23. The molecule has 0 radical (unpaired) electrons. The highest BCUT2D eigenvalue weighted by Crippen LogP contribution is 2.59. The van der Waals surface area contributed by atoms with Crippen molar-refractivity contribution < 1.29 is 9.59 Å². The van der Waals surface area contributed by atoms with Gasteiger partial charge in [0, 0.05) is 57.8 Å². The van der Waals surface area contributed by atoms with Gasteiger partial charge in [0.25, 0.3) is 5.91 Å². The molecule has 0 N–H and O–H groups in total. The summed E-state index contributed by atoms with van der Waals surface area (Å²) in [6, 6.07) is 9.55. The van der Waals surface area contributed by atoms with E-state index in [9.17, 15) is 9.59 Å². The van der Waals surface area contributed by atoms with Crippen LogP contribution in [-0.4, -0.2) is 72.3 Å². The number of carbonyl (C=O) groups excluding carboxylic acids is 2. The standard InChI is InChI=1S/C29H43N3O2/c1-28(2,3)20-26(33)32(21-23-11-12-24-19-25(23)29(24,4)5)18-15-30-13-16-31(17-14-30)27(34)22-9-7-6-8-10-22/h6-11,24-25H,12-21H2,1-5H3. The van der Waals surface area contributed by atoms with Gasteiger partial charge in [0.15, 0.2) is 0 Å². The molecule has 34 heavy (non-hydrogen) atoms. The van der Waals surface area contributed by atoms with Crippen LogP contribution in [0, 0.1) is 22.7 Å². The Labute approximate surface area is 206 Å². The Morgan fingerprint density at radius 1 is 1.06 bits per heavy atom. The summed E-state index contributed by atoms with van der Waals surface area (Å²) in [5, 5.41) is 0. The Hall–Kier alpha value is -2.14. The van der Waals surface area contributed by atoms with E-state index in [1.165, 1.54) is 12.0 Å². The molecule has 0 aromatic heterocycles. The molecule has 0 spiro atoms. The number of hydrogen-bond donors (Lipinski definition) is 0. The molecule has 1 aromatic rings. The fourth-order valence-electron chi connectivity index (χ4n) is 5.93. The number of rotatable bonds is 7. The van der Waals surface area contributed by atoms with Crippen LogP contribution in [0.2, 0.25) is 0 Å². The molecule has 1 aromatic carbocycles. The summed E-state index contributed by atoms with van der Waals surface area (Å²) in [5.74, 6) is 1.83. The molecular weight excluding hydrogens is 422 g/mol. The van der Waals surface area contributed by atoms with Gasteiger partial charge in [0.2, 0.25) is 5.91 Å². The second-order valence-electron chi connectivity index (χ2n) is 12.4. The normalized spacial score (nSPS) is 24.3. The zero-order valence-electron chi connectivity index (χ0n) is 21.8. The van der Waals surface area contributed by atoms with Crippen LogP contribution in [0.25, 0.3) is 0 Å². The lowest BCUT2D eigenvalue weighted by Gasteiger charge is -2.57. The van der Waals surface area contributed by atoms with Gasteiger partial charge in [0.1, 0.15) is 0 Å². The number of nitrogens with zero attached hydrogens (tertiary/aromatic N) is 3. The summed E-state index contributed by atoms with van der Waals surface area (Å²) in [5.41, 5.74) is 2.61. The van der Waals surface area contributed by atoms with Crippen molar-refractivity contribution in [1.82, 2.24) is 14.7 Å². The average Bonchev–Trinajstić information content (AvgIpc) is 2.81. The van der Waals surface area contributed by atoms with E-state index < -0.39 is 0 Å². The van der Waals surface area contributed by atoms with Crippen LogP contribution in [0.3, 0.4) is 0 Å². The molecule has 1 saturated heterocycles. The molecule has 1 aliphatic heterocycles. The molecule has 5 nitrogen and oxygen atoms in total. The van der Waals surface area contributed by atoms with Crippen molar-refractivity contribution >= 4 is 11.8 Å². The monoisotopic (exact) mass is 465 g/mol. The number of amides is 2. The SMILES string of the molecule is CC(C)(C)CC(=O)N(CCN1CCN(C(=O)c2ccccc2)CC1)CC1=CCC2CC1C2(C)C. The number of fused-ring (bicyclic) bond motifs is 1. The first kappa shape index (κ1) is 25.0. The molecule has 186 valence electrons. The predicted molar refractivity (Wildman–Crippen MR) is 138 cm³/mol. The van der Waals surface area contributed by atoms with Gasteiger partial charge in [-0.1, -0.05) is 64.5 Å². The number of hydrogen-bond acceptors (Lipinski definition) is 3. The summed E-state index contributed by atoms with van der Waals surface area (Å²) in [7, 11) is 0. The third-order valence-electron chi connectivity index (χ3n) is 8.36. The van der Waals surface area contributed by atoms with Crippen molar-refractivity contribution in [2.75, 3.05) is 45.8 Å². The van der Waals surface area contributed by atoms with Crippen LogP contribution in [0.1, 0.15) is 64.2 Å². The lowest BCUT2D eigenvalue weighted by Crippen LogP contribution is -2.52. The molecule has 1 saturated carbocycles. The van der Waals surface area contributed by atoms with Crippen LogP contribution < -0.4 is 0 Å². The first-order valence-electron chi connectivity index (χ1n) is 13.1. The third-order valence-corrected chi connectivity index (χ3v) is 8.36. The maximum Gasteiger partial charge on any atom is 0.253 e. The van der Waals surface area contributed by atoms with Crippen molar-refractivity contribution in [1.29, 1.82) is 0 Å². The van der Waals surface area contributed by atoms with E-state index in [-0.39, 0.29) is 17.2 Å². The first-order valence-corrected chi connectivity index (χ1v) is 13.1. The summed E-state index contributed by atoms with van der Waals surface area (Å²) < 4.78 is 0. The highest BCUT2D eigenvalue weighted by molar-refractivity contribution is 5.94. The molecule has 5 heteroatoms. The third kappa shape index (κ3) is 5.56. The van der Waals surface area contributed by atoms with Crippen molar-refractivity contribution in [3.8, 4) is 0 Å². The number of carbonyl (C=O) groups is 2. The van der Waals surface area contributed by atoms with Gasteiger partial charge >= 0.3 is 0 Å². The average molecular weight is 466 g/mol. The maximum absolute atomic E-state index is 13.3. The molecule has 2 amide bonds. The van der Waals surface area contributed by atoms with Gasteiger partial charge in [-0.2, -0.15) is 0 Å². The van der Waals surface area contributed by atoms with Crippen molar-refractivity contribution in [2.45, 2.75) is 53.9 Å². The van der Waals surface area contributed by atoms with E-state index in [1.54, 1.807) is 0 Å². The summed E-state index contributed by atoms with van der Waals surface area (Å²) in [4.78, 5) is 32.5. The quantitative estimate of drug-likeness (QED) is 0.548. The van der Waals surface area contributed by atoms with Crippen LogP contribution >= 0.6 is 0 Å². The molecule has 2 fully saturated rings. The molecule has 2 unspecified atom stereocenters. The minimum absolute atomic E-state index is 0.0134. The van der Waals surface area contributed by atoms with Crippen LogP contribution in [0.4, 0.5) is 0 Å².